The van der Waals surface area contributed by atoms with Gasteiger partial charge in [0.05, 0.1) is 5.02 Å². The number of nitrogens with one attached hydrogen (secondary N) is 2. The number of rotatable bonds is 3. The molecule has 0 radical (unpaired) electrons. The Labute approximate surface area is 183 Å². The second-order valence-electron chi connectivity index (χ2n) is 7.41. The molecule has 1 unspecified atom stereocenters. The summed E-state index contributed by atoms with van der Waals surface area (Å²) in [6, 6.07) is 10.4. The quantitative estimate of drug-likeness (QED) is 0.641. The summed E-state index contributed by atoms with van der Waals surface area (Å²) in [4.78, 5) is 22.9. The molecule has 0 fully saturated rings. The van der Waals surface area contributed by atoms with Crippen LogP contribution < -0.4 is 20.3 Å². The van der Waals surface area contributed by atoms with Crippen LogP contribution in [0, 0.1) is 5.82 Å². The van der Waals surface area contributed by atoms with Crippen molar-refractivity contribution in [3.8, 4) is 5.88 Å². The first kappa shape index (κ1) is 19.7. The molecule has 0 spiro atoms. The molecule has 1 amide bonds. The summed E-state index contributed by atoms with van der Waals surface area (Å²) in [5.41, 5.74) is 3.52. The van der Waals surface area contributed by atoms with E-state index in [4.69, 9.17) is 16.3 Å². The van der Waals surface area contributed by atoms with Crippen molar-refractivity contribution < 1.29 is 13.9 Å². The number of amides is 1. The topological polar surface area (TPSA) is 79.4 Å². The SMILES string of the molecule is CC1Oc2nc(Nc3ccc4c(c3)CCNC4)ncc2C(=O)N1c1c(F)cccc1Cl. The Morgan fingerprint density at radius 3 is 3.00 bits per heavy atom. The van der Waals surface area contributed by atoms with E-state index in [0.29, 0.717) is 5.95 Å². The summed E-state index contributed by atoms with van der Waals surface area (Å²) >= 11 is 6.15. The zero-order chi connectivity index (χ0) is 21.5. The molecule has 2 aliphatic rings. The third kappa shape index (κ3) is 3.58. The second kappa shape index (κ2) is 7.79. The van der Waals surface area contributed by atoms with Gasteiger partial charge in [0.25, 0.3) is 5.91 Å². The molecule has 158 valence electrons. The largest absolute Gasteiger partial charge is 0.453 e. The highest BCUT2D eigenvalue weighted by molar-refractivity contribution is 6.34. The van der Waals surface area contributed by atoms with Gasteiger partial charge in [-0.2, -0.15) is 4.98 Å². The molecule has 2 N–H and O–H groups in total. The predicted octanol–water partition coefficient (Wildman–Crippen LogP) is 4.04. The van der Waals surface area contributed by atoms with Crippen LogP contribution in [-0.4, -0.2) is 28.6 Å². The number of para-hydroxylation sites is 1. The highest BCUT2D eigenvalue weighted by atomic mass is 35.5. The summed E-state index contributed by atoms with van der Waals surface area (Å²) < 4.78 is 20.2. The van der Waals surface area contributed by atoms with Crippen molar-refractivity contribution in [3.05, 3.63) is 70.1 Å². The number of ether oxygens (including phenoxy) is 1. The zero-order valence-corrected chi connectivity index (χ0v) is 17.4. The molecule has 0 saturated heterocycles. The summed E-state index contributed by atoms with van der Waals surface area (Å²) in [6.45, 7) is 3.44. The molecule has 0 aliphatic carbocycles. The Hall–Kier alpha value is -3.23. The number of carbonyl (C=O) groups excluding carboxylic acids is 1. The van der Waals surface area contributed by atoms with Gasteiger partial charge in [0.2, 0.25) is 11.8 Å². The van der Waals surface area contributed by atoms with Crippen molar-refractivity contribution >= 4 is 34.8 Å². The molecule has 3 aromatic rings. The van der Waals surface area contributed by atoms with E-state index in [-0.39, 0.29) is 22.2 Å². The minimum atomic E-state index is -0.798. The molecule has 2 aliphatic heterocycles. The van der Waals surface area contributed by atoms with Gasteiger partial charge in [-0.3, -0.25) is 9.69 Å². The van der Waals surface area contributed by atoms with E-state index in [1.807, 2.05) is 6.07 Å². The number of hydrogen-bond donors (Lipinski definition) is 2. The normalized spacial score (nSPS) is 17.6. The fourth-order valence-corrected chi connectivity index (χ4v) is 4.11. The molecule has 0 bridgehead atoms. The van der Waals surface area contributed by atoms with Gasteiger partial charge >= 0.3 is 0 Å². The van der Waals surface area contributed by atoms with E-state index in [1.54, 1.807) is 6.92 Å². The fraction of sp³-hybridized carbons (Fsp3) is 0.227. The van der Waals surface area contributed by atoms with Crippen LogP contribution in [0.2, 0.25) is 5.02 Å². The Kier molecular flexibility index (Phi) is 4.95. The molecule has 3 heterocycles. The van der Waals surface area contributed by atoms with Gasteiger partial charge in [-0.25, -0.2) is 9.37 Å². The third-order valence-corrected chi connectivity index (χ3v) is 5.68. The second-order valence-corrected chi connectivity index (χ2v) is 7.82. The van der Waals surface area contributed by atoms with Crippen molar-refractivity contribution in [3.63, 3.8) is 0 Å². The number of nitrogens with zero attached hydrogens (tertiary/aromatic N) is 3. The molecule has 2 aromatic carbocycles. The van der Waals surface area contributed by atoms with Crippen molar-refractivity contribution in [2.75, 3.05) is 16.8 Å². The average molecular weight is 440 g/mol. The Morgan fingerprint density at radius 1 is 1.29 bits per heavy atom. The maximum atomic E-state index is 14.4. The number of anilines is 3. The lowest BCUT2D eigenvalue weighted by molar-refractivity contribution is 0.0865. The van der Waals surface area contributed by atoms with Crippen LogP contribution in [-0.2, 0) is 13.0 Å². The lowest BCUT2D eigenvalue weighted by Crippen LogP contribution is -2.47. The maximum absolute atomic E-state index is 14.4. The van der Waals surface area contributed by atoms with E-state index < -0.39 is 18.0 Å². The smallest absolute Gasteiger partial charge is 0.268 e. The first-order valence-corrected chi connectivity index (χ1v) is 10.3. The third-order valence-electron chi connectivity index (χ3n) is 5.38. The monoisotopic (exact) mass is 439 g/mol. The van der Waals surface area contributed by atoms with Crippen molar-refractivity contribution in [1.82, 2.24) is 15.3 Å². The molecule has 7 nitrogen and oxygen atoms in total. The number of carbonyl (C=O) groups is 1. The molecule has 9 heteroatoms. The number of fused-ring (bicyclic) bond motifs is 2. The first-order valence-electron chi connectivity index (χ1n) is 9.92. The summed E-state index contributed by atoms with van der Waals surface area (Å²) in [6.07, 6.45) is 1.54. The average Bonchev–Trinajstić information content (AvgIpc) is 2.75. The fourth-order valence-electron chi connectivity index (χ4n) is 3.86. The lowest BCUT2D eigenvalue weighted by Gasteiger charge is -2.34. The van der Waals surface area contributed by atoms with Crippen LogP contribution in [0.5, 0.6) is 5.88 Å². The Balaban J connectivity index is 1.43. The summed E-state index contributed by atoms with van der Waals surface area (Å²) in [5.74, 6) is -0.638. The predicted molar refractivity (Wildman–Crippen MR) is 115 cm³/mol. The van der Waals surface area contributed by atoms with Crippen LogP contribution in [0.4, 0.5) is 21.7 Å². The van der Waals surface area contributed by atoms with Gasteiger partial charge < -0.3 is 15.4 Å². The van der Waals surface area contributed by atoms with E-state index >= 15 is 0 Å². The van der Waals surface area contributed by atoms with E-state index in [2.05, 4.69) is 32.7 Å². The molecule has 1 aromatic heterocycles. The van der Waals surface area contributed by atoms with Crippen molar-refractivity contribution in [2.24, 2.45) is 0 Å². The molecule has 0 saturated carbocycles. The van der Waals surface area contributed by atoms with Gasteiger partial charge in [0, 0.05) is 18.4 Å². The van der Waals surface area contributed by atoms with Crippen LogP contribution in [0.25, 0.3) is 0 Å². The minimum Gasteiger partial charge on any atom is -0.453 e. The lowest BCUT2D eigenvalue weighted by atomic mass is 10.0. The van der Waals surface area contributed by atoms with Gasteiger partial charge in [-0.15, -0.1) is 0 Å². The molecule has 31 heavy (non-hydrogen) atoms. The molecule has 5 rings (SSSR count). The van der Waals surface area contributed by atoms with Crippen molar-refractivity contribution in [2.45, 2.75) is 26.1 Å². The molecular weight excluding hydrogens is 421 g/mol. The maximum Gasteiger partial charge on any atom is 0.268 e. The van der Waals surface area contributed by atoms with Crippen LogP contribution >= 0.6 is 11.6 Å². The van der Waals surface area contributed by atoms with Gasteiger partial charge in [-0.05, 0) is 55.3 Å². The van der Waals surface area contributed by atoms with Gasteiger partial charge in [0.1, 0.15) is 17.1 Å². The molecule has 1 atom stereocenters. The van der Waals surface area contributed by atoms with Crippen LogP contribution in [0.1, 0.15) is 28.4 Å². The number of aromatic nitrogens is 2. The summed E-state index contributed by atoms with van der Waals surface area (Å²) in [5, 5.41) is 6.63. The highest BCUT2D eigenvalue weighted by Crippen LogP contribution is 2.36. The first-order chi connectivity index (χ1) is 15.0. The van der Waals surface area contributed by atoms with E-state index in [0.717, 1.165) is 25.2 Å². The Morgan fingerprint density at radius 2 is 2.16 bits per heavy atom. The van der Waals surface area contributed by atoms with E-state index in [9.17, 15) is 9.18 Å². The highest BCUT2D eigenvalue weighted by Gasteiger charge is 2.36. The Bertz CT molecular complexity index is 1170. The summed E-state index contributed by atoms with van der Waals surface area (Å²) in [7, 11) is 0. The van der Waals surface area contributed by atoms with Gasteiger partial charge in [-0.1, -0.05) is 23.7 Å². The van der Waals surface area contributed by atoms with Crippen LogP contribution in [0.3, 0.4) is 0 Å². The number of hydrogen-bond acceptors (Lipinski definition) is 6. The molecular formula is C22H19ClFN5O2. The zero-order valence-electron chi connectivity index (χ0n) is 16.7. The van der Waals surface area contributed by atoms with Gasteiger partial charge in [0.15, 0.2) is 6.23 Å². The van der Waals surface area contributed by atoms with Crippen molar-refractivity contribution in [1.29, 1.82) is 0 Å². The van der Waals surface area contributed by atoms with E-state index in [1.165, 1.54) is 40.4 Å². The standard InChI is InChI=1S/C22H19ClFN5O2/c1-12-29(19-17(23)3-2-4-18(19)24)21(30)16-11-26-22(28-20(16)31-12)27-15-6-5-14-10-25-8-7-13(14)9-15/h2-6,9,11-12,25H,7-8,10H2,1H3,(H,26,27,28). The minimum absolute atomic E-state index is 0.0296. The number of benzene rings is 2. The number of halogens is 2. The van der Waals surface area contributed by atoms with Crippen LogP contribution in [0.15, 0.2) is 42.6 Å².